The van der Waals surface area contributed by atoms with Crippen molar-refractivity contribution in [1.29, 1.82) is 0 Å². The molecule has 0 saturated carbocycles. The minimum absolute atomic E-state index is 0.0389. The molecule has 2 aromatic carbocycles. The number of aromatic nitrogens is 2. The number of rotatable bonds is 2. The molecule has 0 saturated heterocycles. The molecule has 0 unspecified atom stereocenters. The summed E-state index contributed by atoms with van der Waals surface area (Å²) < 4.78 is 1.26. The summed E-state index contributed by atoms with van der Waals surface area (Å²) in [5.74, 6) is 0.308. The van der Waals surface area contributed by atoms with Gasteiger partial charge in [-0.05, 0) is 24.3 Å². The Morgan fingerprint density at radius 1 is 1.12 bits per heavy atom. The highest BCUT2D eigenvalue weighted by Gasteiger charge is 2.16. The number of non-ortho nitro benzene ring substituents is 1. The van der Waals surface area contributed by atoms with E-state index in [1.54, 1.807) is 12.1 Å². The van der Waals surface area contributed by atoms with Crippen LogP contribution in [-0.2, 0) is 0 Å². The average molecular weight is 392 g/mol. The van der Waals surface area contributed by atoms with Crippen LogP contribution in [0.2, 0.25) is 10.0 Å². The van der Waals surface area contributed by atoms with Crippen molar-refractivity contribution in [3.8, 4) is 11.4 Å². The maximum atomic E-state index is 12.4. The molecule has 0 fully saturated rings. The van der Waals surface area contributed by atoms with Crippen LogP contribution in [0, 0.1) is 10.1 Å². The fourth-order valence-electron chi connectivity index (χ4n) is 2.55. The van der Waals surface area contributed by atoms with Crippen molar-refractivity contribution in [2.75, 3.05) is 0 Å². The number of hydrogen-bond acceptors (Lipinski definition) is 5. The van der Waals surface area contributed by atoms with Gasteiger partial charge in [-0.1, -0.05) is 23.2 Å². The van der Waals surface area contributed by atoms with E-state index in [-0.39, 0.29) is 11.2 Å². The fourth-order valence-corrected chi connectivity index (χ4v) is 4.07. The summed E-state index contributed by atoms with van der Waals surface area (Å²) in [7, 11) is 0. The molecule has 4 aromatic rings. The number of H-pyrrole nitrogens is 1. The van der Waals surface area contributed by atoms with Crippen LogP contribution in [-0.4, -0.2) is 14.9 Å². The third-order valence-electron chi connectivity index (χ3n) is 3.73. The summed E-state index contributed by atoms with van der Waals surface area (Å²) >= 11 is 13.7. The zero-order valence-electron chi connectivity index (χ0n) is 12.2. The van der Waals surface area contributed by atoms with Crippen LogP contribution >= 0.6 is 34.5 Å². The molecule has 2 heterocycles. The van der Waals surface area contributed by atoms with Crippen LogP contribution < -0.4 is 5.56 Å². The number of aromatic amines is 1. The van der Waals surface area contributed by atoms with Crippen LogP contribution in [0.15, 0.2) is 41.2 Å². The first-order valence-corrected chi connectivity index (χ1v) is 8.58. The van der Waals surface area contributed by atoms with Gasteiger partial charge in [-0.2, -0.15) is 0 Å². The second-order valence-electron chi connectivity index (χ2n) is 5.23. The lowest BCUT2D eigenvalue weighted by molar-refractivity contribution is -0.384. The maximum Gasteiger partial charge on any atom is 0.269 e. The van der Waals surface area contributed by atoms with Gasteiger partial charge in [-0.15, -0.1) is 11.3 Å². The molecule has 124 valence electrons. The van der Waals surface area contributed by atoms with Gasteiger partial charge in [0.15, 0.2) is 0 Å². The van der Waals surface area contributed by atoms with Gasteiger partial charge in [0.2, 0.25) is 0 Å². The zero-order chi connectivity index (χ0) is 17.7. The van der Waals surface area contributed by atoms with Crippen LogP contribution in [0.25, 0.3) is 31.7 Å². The minimum atomic E-state index is -0.489. The lowest BCUT2D eigenvalue weighted by Gasteiger charge is -2.02. The maximum absolute atomic E-state index is 12.4. The zero-order valence-corrected chi connectivity index (χ0v) is 14.6. The molecule has 9 heteroatoms. The van der Waals surface area contributed by atoms with Crippen molar-refractivity contribution in [3.63, 3.8) is 0 Å². The third kappa shape index (κ3) is 2.57. The van der Waals surface area contributed by atoms with Gasteiger partial charge in [-0.3, -0.25) is 14.9 Å². The molecule has 0 atom stereocenters. The lowest BCUT2D eigenvalue weighted by atomic mass is 10.2. The van der Waals surface area contributed by atoms with Gasteiger partial charge in [0.05, 0.1) is 20.5 Å². The molecule has 1 N–H and O–H groups in total. The number of nitro groups is 1. The normalized spacial score (nSPS) is 11.3. The fraction of sp³-hybridized carbons (Fsp3) is 0. The Hall–Kier alpha value is -2.48. The van der Waals surface area contributed by atoms with Crippen LogP contribution in [0.3, 0.4) is 0 Å². The highest BCUT2D eigenvalue weighted by molar-refractivity contribution is 7.25. The largest absolute Gasteiger partial charge is 0.305 e. The Bertz CT molecular complexity index is 1220. The number of fused-ring (bicyclic) bond motifs is 3. The standard InChI is InChI=1S/C16H7Cl2N3O3S/c17-9-5-6-10-11(12(9)18)13-14(25-10)16(22)20-15(19-13)7-1-3-8(4-2-7)21(23)24/h1-6H,(H,19,20,22). The van der Waals surface area contributed by atoms with Crippen molar-refractivity contribution < 1.29 is 4.92 Å². The number of halogens is 2. The summed E-state index contributed by atoms with van der Waals surface area (Å²) in [5, 5.41) is 12.1. The van der Waals surface area contributed by atoms with Crippen molar-refractivity contribution in [3.05, 3.63) is 66.9 Å². The van der Waals surface area contributed by atoms with Crippen molar-refractivity contribution >= 4 is 60.5 Å². The molecule has 2 aromatic heterocycles. The van der Waals surface area contributed by atoms with E-state index in [0.29, 0.717) is 37.0 Å². The molecule has 0 spiro atoms. The number of nitrogens with one attached hydrogen (secondary N) is 1. The number of benzene rings is 2. The van der Waals surface area contributed by atoms with E-state index in [0.717, 1.165) is 4.70 Å². The predicted molar refractivity (Wildman–Crippen MR) is 99.9 cm³/mol. The first-order chi connectivity index (χ1) is 12.0. The lowest BCUT2D eigenvalue weighted by Crippen LogP contribution is -2.07. The summed E-state index contributed by atoms with van der Waals surface area (Å²) in [6, 6.07) is 9.24. The Balaban J connectivity index is 2.00. The molecule has 25 heavy (non-hydrogen) atoms. The molecule has 0 bridgehead atoms. The highest BCUT2D eigenvalue weighted by atomic mass is 35.5. The van der Waals surface area contributed by atoms with Crippen LogP contribution in [0.4, 0.5) is 5.69 Å². The van der Waals surface area contributed by atoms with Gasteiger partial charge < -0.3 is 4.98 Å². The Morgan fingerprint density at radius 3 is 2.52 bits per heavy atom. The molecular formula is C16H7Cl2N3O3S. The van der Waals surface area contributed by atoms with Crippen LogP contribution in [0.5, 0.6) is 0 Å². The Morgan fingerprint density at radius 2 is 1.84 bits per heavy atom. The minimum Gasteiger partial charge on any atom is -0.305 e. The first-order valence-electron chi connectivity index (χ1n) is 7.01. The van der Waals surface area contributed by atoms with Crippen molar-refractivity contribution in [1.82, 2.24) is 9.97 Å². The summed E-state index contributed by atoms with van der Waals surface area (Å²) in [6.45, 7) is 0. The van der Waals surface area contributed by atoms with Crippen LogP contribution in [0.1, 0.15) is 0 Å². The van der Waals surface area contributed by atoms with Crippen molar-refractivity contribution in [2.24, 2.45) is 0 Å². The molecule has 0 aliphatic carbocycles. The van der Waals surface area contributed by atoms with E-state index < -0.39 is 4.92 Å². The van der Waals surface area contributed by atoms with Gasteiger partial charge in [0.25, 0.3) is 11.2 Å². The molecule has 0 amide bonds. The number of thiophene rings is 1. The summed E-state index contributed by atoms with van der Waals surface area (Å²) in [6.07, 6.45) is 0. The quantitative estimate of drug-likeness (QED) is 0.383. The molecule has 0 radical (unpaired) electrons. The SMILES string of the molecule is O=c1[nH]c(-c2ccc([N+](=O)[O-])cc2)nc2c1sc1ccc(Cl)c(Cl)c12. The topological polar surface area (TPSA) is 88.9 Å². The smallest absolute Gasteiger partial charge is 0.269 e. The molecule has 0 aliphatic rings. The number of nitro benzene ring substituents is 1. The molecule has 6 nitrogen and oxygen atoms in total. The van der Waals surface area contributed by atoms with Crippen molar-refractivity contribution in [2.45, 2.75) is 0 Å². The number of hydrogen-bond donors (Lipinski definition) is 1. The number of nitrogens with zero attached hydrogens (tertiary/aromatic N) is 2. The second-order valence-corrected chi connectivity index (χ2v) is 7.07. The van der Waals surface area contributed by atoms with Gasteiger partial charge in [0.1, 0.15) is 10.5 Å². The second kappa shape index (κ2) is 5.80. The van der Waals surface area contributed by atoms with E-state index in [1.807, 2.05) is 0 Å². The predicted octanol–water partition coefficient (Wildman–Crippen LogP) is 5.02. The first kappa shape index (κ1) is 16.0. The van der Waals surface area contributed by atoms with Gasteiger partial charge in [0, 0.05) is 27.8 Å². The highest BCUT2D eigenvalue weighted by Crippen LogP contribution is 2.39. The van der Waals surface area contributed by atoms with E-state index >= 15 is 0 Å². The van der Waals surface area contributed by atoms with E-state index in [1.165, 1.54) is 35.6 Å². The Kier molecular flexibility index (Phi) is 3.72. The summed E-state index contributed by atoms with van der Waals surface area (Å²) in [5.41, 5.74) is 0.682. The van der Waals surface area contributed by atoms with E-state index in [4.69, 9.17) is 23.2 Å². The average Bonchev–Trinajstić information content (AvgIpc) is 2.98. The molecule has 0 aliphatic heterocycles. The van der Waals surface area contributed by atoms with Gasteiger partial charge >= 0.3 is 0 Å². The summed E-state index contributed by atoms with van der Waals surface area (Å²) in [4.78, 5) is 29.9. The van der Waals surface area contributed by atoms with E-state index in [9.17, 15) is 14.9 Å². The monoisotopic (exact) mass is 391 g/mol. The Labute approximate surface area is 153 Å². The molecular weight excluding hydrogens is 385 g/mol. The van der Waals surface area contributed by atoms with Gasteiger partial charge in [-0.25, -0.2) is 4.98 Å². The van der Waals surface area contributed by atoms with E-state index in [2.05, 4.69) is 9.97 Å². The molecule has 4 rings (SSSR count). The third-order valence-corrected chi connectivity index (χ3v) is 5.68.